The molecule has 0 aliphatic carbocycles. The van der Waals surface area contributed by atoms with E-state index in [1.165, 1.54) is 4.90 Å². The predicted octanol–water partition coefficient (Wildman–Crippen LogP) is 2.02. The van der Waals surface area contributed by atoms with Crippen LogP contribution in [0.25, 0.3) is 0 Å². The van der Waals surface area contributed by atoms with Crippen molar-refractivity contribution in [2.45, 2.75) is 46.6 Å². The fraction of sp³-hybridized carbons (Fsp3) is 0.833. The number of rotatable bonds is 7. The van der Waals surface area contributed by atoms with Crippen molar-refractivity contribution in [2.24, 2.45) is 0 Å². The van der Waals surface area contributed by atoms with Gasteiger partial charge >= 0.3 is 12.0 Å². The maximum Gasteiger partial charge on any atom is 0.323 e. The molecule has 0 aliphatic rings. The highest BCUT2D eigenvalue weighted by Gasteiger charge is 2.23. The van der Waals surface area contributed by atoms with Crippen molar-refractivity contribution < 1.29 is 14.7 Å². The minimum absolute atomic E-state index is 0.103. The number of hydrogen-bond donors (Lipinski definition) is 1. The molecule has 0 atom stereocenters. The van der Waals surface area contributed by atoms with E-state index in [0.29, 0.717) is 13.1 Å². The van der Waals surface area contributed by atoms with Crippen LogP contribution in [0.15, 0.2) is 0 Å². The number of unbranched alkanes of at least 4 members (excludes halogenated alkanes) is 1. The number of urea groups is 1. The van der Waals surface area contributed by atoms with Gasteiger partial charge in [-0.2, -0.15) is 0 Å². The molecule has 0 heterocycles. The maximum absolute atomic E-state index is 12.1. The molecule has 1 N–H and O–H groups in total. The Morgan fingerprint density at radius 2 is 1.82 bits per heavy atom. The molecule has 0 unspecified atom stereocenters. The van der Waals surface area contributed by atoms with Gasteiger partial charge in [0, 0.05) is 19.1 Å². The van der Waals surface area contributed by atoms with E-state index in [2.05, 4.69) is 6.92 Å². The van der Waals surface area contributed by atoms with E-state index in [-0.39, 0.29) is 18.6 Å². The molecule has 5 heteroatoms. The van der Waals surface area contributed by atoms with Crippen molar-refractivity contribution in [1.82, 2.24) is 9.80 Å². The van der Waals surface area contributed by atoms with E-state index in [4.69, 9.17) is 5.11 Å². The smallest absolute Gasteiger partial charge is 0.323 e. The molecule has 5 nitrogen and oxygen atoms in total. The number of carboxylic acids is 1. The van der Waals surface area contributed by atoms with E-state index < -0.39 is 5.97 Å². The van der Waals surface area contributed by atoms with Crippen LogP contribution in [0.5, 0.6) is 0 Å². The van der Waals surface area contributed by atoms with Crippen molar-refractivity contribution in [2.75, 3.05) is 19.6 Å². The minimum Gasteiger partial charge on any atom is -0.480 e. The Kier molecular flexibility index (Phi) is 7.34. The van der Waals surface area contributed by atoms with E-state index in [1.54, 1.807) is 4.90 Å². The third-order valence-electron chi connectivity index (χ3n) is 2.61. The largest absolute Gasteiger partial charge is 0.480 e. The number of hydrogen-bond acceptors (Lipinski definition) is 2. The molecule has 0 spiro atoms. The summed E-state index contributed by atoms with van der Waals surface area (Å²) in [4.78, 5) is 26.0. The molecule has 100 valence electrons. The summed E-state index contributed by atoms with van der Waals surface area (Å²) in [5, 5.41) is 8.80. The second-order valence-corrected chi connectivity index (χ2v) is 4.33. The van der Waals surface area contributed by atoms with E-state index in [0.717, 1.165) is 12.8 Å². The van der Waals surface area contributed by atoms with Crippen molar-refractivity contribution in [3.63, 3.8) is 0 Å². The molecule has 0 rings (SSSR count). The highest BCUT2D eigenvalue weighted by Crippen LogP contribution is 2.06. The molecule has 0 aromatic carbocycles. The summed E-state index contributed by atoms with van der Waals surface area (Å²) in [6.07, 6.45) is 1.96. The summed E-state index contributed by atoms with van der Waals surface area (Å²) >= 11 is 0. The van der Waals surface area contributed by atoms with E-state index in [1.807, 2.05) is 20.8 Å². The molecular weight excluding hydrogens is 220 g/mol. The minimum atomic E-state index is -0.974. The molecule has 0 aliphatic heterocycles. The number of carbonyl (C=O) groups excluding carboxylic acids is 1. The first kappa shape index (κ1) is 15.7. The Morgan fingerprint density at radius 3 is 2.18 bits per heavy atom. The van der Waals surface area contributed by atoms with Crippen LogP contribution in [-0.4, -0.2) is 52.6 Å². The monoisotopic (exact) mass is 244 g/mol. The molecule has 0 aromatic rings. The maximum atomic E-state index is 12.1. The van der Waals surface area contributed by atoms with Gasteiger partial charge in [-0.05, 0) is 27.2 Å². The summed E-state index contributed by atoms with van der Waals surface area (Å²) in [6, 6.07) is -0.285. The van der Waals surface area contributed by atoms with Gasteiger partial charge in [-0.25, -0.2) is 4.79 Å². The van der Waals surface area contributed by atoms with Crippen LogP contribution < -0.4 is 0 Å². The normalized spacial score (nSPS) is 10.4. The van der Waals surface area contributed by atoms with Crippen LogP contribution in [0.3, 0.4) is 0 Å². The molecule has 0 saturated carbocycles. The summed E-state index contributed by atoms with van der Waals surface area (Å²) in [6.45, 7) is 8.70. The lowest BCUT2D eigenvalue weighted by Gasteiger charge is -2.31. The van der Waals surface area contributed by atoms with Gasteiger partial charge in [0.2, 0.25) is 0 Å². The second-order valence-electron chi connectivity index (χ2n) is 4.33. The fourth-order valence-corrected chi connectivity index (χ4v) is 1.54. The van der Waals surface area contributed by atoms with Crippen molar-refractivity contribution in [3.8, 4) is 0 Å². The fourth-order valence-electron chi connectivity index (χ4n) is 1.54. The molecule has 0 fully saturated rings. The van der Waals surface area contributed by atoms with Gasteiger partial charge in [0.15, 0.2) is 0 Å². The van der Waals surface area contributed by atoms with Gasteiger partial charge in [0.05, 0.1) is 0 Å². The summed E-state index contributed by atoms with van der Waals surface area (Å²) in [5.74, 6) is -0.974. The first-order valence-electron chi connectivity index (χ1n) is 6.21. The first-order valence-corrected chi connectivity index (χ1v) is 6.21. The van der Waals surface area contributed by atoms with Gasteiger partial charge < -0.3 is 14.9 Å². The van der Waals surface area contributed by atoms with Crippen LogP contribution in [0.4, 0.5) is 4.79 Å². The lowest BCUT2D eigenvalue weighted by Crippen LogP contribution is -2.48. The molecule has 0 saturated heterocycles. The summed E-state index contributed by atoms with van der Waals surface area (Å²) in [7, 11) is 0. The highest BCUT2D eigenvalue weighted by atomic mass is 16.4. The van der Waals surface area contributed by atoms with Crippen LogP contribution in [0.2, 0.25) is 0 Å². The lowest BCUT2D eigenvalue weighted by molar-refractivity contribution is -0.138. The quantitative estimate of drug-likeness (QED) is 0.745. The van der Waals surface area contributed by atoms with Gasteiger partial charge in [-0.3, -0.25) is 4.79 Å². The second kappa shape index (κ2) is 7.92. The Hall–Kier alpha value is -1.26. The van der Waals surface area contributed by atoms with Gasteiger partial charge in [-0.15, -0.1) is 0 Å². The van der Waals surface area contributed by atoms with Gasteiger partial charge in [0.25, 0.3) is 0 Å². The van der Waals surface area contributed by atoms with E-state index in [9.17, 15) is 9.59 Å². The molecule has 2 amide bonds. The summed E-state index contributed by atoms with van der Waals surface area (Å²) in [5.41, 5.74) is 0. The Bertz CT molecular complexity index is 254. The number of amides is 2. The number of nitrogens with zero attached hydrogens (tertiary/aromatic N) is 2. The molecule has 0 radical (unpaired) electrons. The lowest BCUT2D eigenvalue weighted by atomic mass is 10.3. The first-order chi connectivity index (χ1) is 7.93. The Balaban J connectivity index is 4.60. The number of carbonyl (C=O) groups is 2. The topological polar surface area (TPSA) is 60.9 Å². The van der Waals surface area contributed by atoms with Crippen LogP contribution in [-0.2, 0) is 4.79 Å². The molecule has 0 bridgehead atoms. The Labute approximate surface area is 103 Å². The average Bonchev–Trinajstić information content (AvgIpc) is 2.26. The standard InChI is InChI=1S/C12H24N2O3/c1-5-7-8-13(6-2)12(17)14(10(3)4)9-11(15)16/h10H,5-9H2,1-4H3,(H,15,16). The van der Waals surface area contributed by atoms with Crippen molar-refractivity contribution in [3.05, 3.63) is 0 Å². The molecule has 17 heavy (non-hydrogen) atoms. The van der Waals surface area contributed by atoms with Crippen LogP contribution >= 0.6 is 0 Å². The van der Waals surface area contributed by atoms with Crippen molar-refractivity contribution >= 4 is 12.0 Å². The number of carboxylic acid groups (broad SMARTS) is 1. The third kappa shape index (κ3) is 5.56. The molecule has 0 aromatic heterocycles. The number of aliphatic carboxylic acids is 1. The molecular formula is C12H24N2O3. The van der Waals surface area contributed by atoms with Crippen LogP contribution in [0, 0.1) is 0 Å². The average molecular weight is 244 g/mol. The zero-order valence-electron chi connectivity index (χ0n) is 11.3. The van der Waals surface area contributed by atoms with Gasteiger partial charge in [-0.1, -0.05) is 13.3 Å². The van der Waals surface area contributed by atoms with Crippen molar-refractivity contribution in [1.29, 1.82) is 0 Å². The summed E-state index contributed by atoms with van der Waals surface area (Å²) < 4.78 is 0. The van der Waals surface area contributed by atoms with Gasteiger partial charge in [0.1, 0.15) is 6.54 Å². The zero-order valence-corrected chi connectivity index (χ0v) is 11.3. The Morgan fingerprint density at radius 1 is 1.24 bits per heavy atom. The van der Waals surface area contributed by atoms with E-state index >= 15 is 0 Å². The predicted molar refractivity (Wildman–Crippen MR) is 67.0 cm³/mol. The van der Waals surface area contributed by atoms with Crippen LogP contribution in [0.1, 0.15) is 40.5 Å². The third-order valence-corrected chi connectivity index (χ3v) is 2.61. The SMILES string of the molecule is CCCCN(CC)C(=O)N(CC(=O)O)C(C)C. The zero-order chi connectivity index (χ0) is 13.4. The highest BCUT2D eigenvalue weighted by molar-refractivity contribution is 5.80.